The summed E-state index contributed by atoms with van der Waals surface area (Å²) in [6.07, 6.45) is 8.69. The van der Waals surface area contributed by atoms with Crippen molar-refractivity contribution in [2.45, 2.75) is 63.6 Å². The number of fused-ring (bicyclic) bond motifs is 1. The van der Waals surface area contributed by atoms with E-state index >= 15 is 0 Å². The number of hydrogen-bond acceptors (Lipinski definition) is 2. The number of carbonyl (C=O) groups is 1. The van der Waals surface area contributed by atoms with E-state index in [0.717, 1.165) is 55.7 Å². The number of halogens is 1. The minimum atomic E-state index is 0.0382. The van der Waals surface area contributed by atoms with Gasteiger partial charge in [-0.15, -0.1) is 0 Å². The summed E-state index contributed by atoms with van der Waals surface area (Å²) in [5.74, 6) is 0.250. The van der Waals surface area contributed by atoms with Crippen LogP contribution < -0.4 is 5.32 Å². The van der Waals surface area contributed by atoms with Crippen molar-refractivity contribution < 1.29 is 4.79 Å². The molecule has 0 aromatic heterocycles. The van der Waals surface area contributed by atoms with Crippen molar-refractivity contribution in [1.82, 2.24) is 10.2 Å². The third kappa shape index (κ3) is 3.81. The molecule has 0 unspecified atom stereocenters. The van der Waals surface area contributed by atoms with E-state index in [4.69, 9.17) is 11.6 Å². The molecule has 0 saturated carbocycles. The van der Waals surface area contributed by atoms with Crippen molar-refractivity contribution in [3.63, 3.8) is 0 Å². The van der Waals surface area contributed by atoms with E-state index in [1.165, 1.54) is 35.1 Å². The van der Waals surface area contributed by atoms with Crippen molar-refractivity contribution in [1.29, 1.82) is 0 Å². The smallest absolute Gasteiger partial charge is 0.251 e. The molecule has 0 bridgehead atoms. The standard InChI is InChI=1S/C26H29ClN2O/c27-20-14-12-18(13-15-20)16-17-29-25(22-9-3-4-10-23(22)26(29)30)28-24-11-5-7-19-6-1-2-8-21(19)24/h1-2,6,8,12-15,24-25,28H,3-5,7,9-11,16-17H2/t24-,25+/m0/s1. The molecule has 0 spiro atoms. The summed E-state index contributed by atoms with van der Waals surface area (Å²) in [7, 11) is 0. The third-order valence-electron chi connectivity index (χ3n) is 6.95. The molecular formula is C26H29ClN2O. The molecule has 0 fully saturated rings. The van der Waals surface area contributed by atoms with Gasteiger partial charge in [0.1, 0.15) is 6.17 Å². The molecule has 30 heavy (non-hydrogen) atoms. The first-order valence-electron chi connectivity index (χ1n) is 11.3. The summed E-state index contributed by atoms with van der Waals surface area (Å²) < 4.78 is 0. The normalized spacial score (nSPS) is 23.5. The van der Waals surface area contributed by atoms with Gasteiger partial charge in [0, 0.05) is 23.2 Å². The lowest BCUT2D eigenvalue weighted by Crippen LogP contribution is -2.48. The van der Waals surface area contributed by atoms with Gasteiger partial charge < -0.3 is 4.90 Å². The number of amides is 1. The van der Waals surface area contributed by atoms with Crippen LogP contribution in [0.2, 0.25) is 5.02 Å². The van der Waals surface area contributed by atoms with Gasteiger partial charge in [0.05, 0.1) is 0 Å². The van der Waals surface area contributed by atoms with Crippen LogP contribution in [0.25, 0.3) is 0 Å². The van der Waals surface area contributed by atoms with E-state index in [2.05, 4.69) is 46.6 Å². The fourth-order valence-electron chi connectivity index (χ4n) is 5.39. The molecule has 1 N–H and O–H groups in total. The second-order valence-corrected chi connectivity index (χ2v) is 9.24. The van der Waals surface area contributed by atoms with E-state index in [1.54, 1.807) is 0 Å². The number of carbonyl (C=O) groups excluding carboxylic acids is 1. The summed E-state index contributed by atoms with van der Waals surface area (Å²) >= 11 is 6.04. The molecule has 0 radical (unpaired) electrons. The Morgan fingerprint density at radius 1 is 0.967 bits per heavy atom. The second kappa shape index (κ2) is 8.56. The van der Waals surface area contributed by atoms with Crippen LogP contribution in [-0.2, 0) is 17.6 Å². The number of aryl methyl sites for hydroxylation is 1. The van der Waals surface area contributed by atoms with Gasteiger partial charge in [-0.1, -0.05) is 48.0 Å². The van der Waals surface area contributed by atoms with Gasteiger partial charge in [-0.25, -0.2) is 0 Å². The molecule has 2 aliphatic carbocycles. The second-order valence-electron chi connectivity index (χ2n) is 8.80. The topological polar surface area (TPSA) is 32.3 Å². The molecule has 2 aromatic carbocycles. The lowest BCUT2D eigenvalue weighted by atomic mass is 9.86. The summed E-state index contributed by atoms with van der Waals surface area (Å²) in [4.78, 5) is 15.4. The lowest BCUT2D eigenvalue weighted by molar-refractivity contribution is -0.127. The van der Waals surface area contributed by atoms with Gasteiger partial charge in [0.2, 0.25) is 0 Å². The predicted octanol–water partition coefficient (Wildman–Crippen LogP) is 5.59. The highest BCUT2D eigenvalue weighted by atomic mass is 35.5. The zero-order valence-corrected chi connectivity index (χ0v) is 18.1. The summed E-state index contributed by atoms with van der Waals surface area (Å²) in [6.45, 7) is 0.736. The zero-order valence-electron chi connectivity index (χ0n) is 17.4. The first-order valence-corrected chi connectivity index (χ1v) is 11.7. The average molecular weight is 421 g/mol. The Hall–Kier alpha value is -2.10. The van der Waals surface area contributed by atoms with Crippen LogP contribution in [0.1, 0.15) is 61.3 Å². The first kappa shape index (κ1) is 19.8. The van der Waals surface area contributed by atoms with E-state index in [0.29, 0.717) is 6.04 Å². The Labute approximate surface area is 184 Å². The Bertz CT molecular complexity index is 965. The van der Waals surface area contributed by atoms with Gasteiger partial charge in [-0.05, 0) is 85.8 Å². The highest BCUT2D eigenvalue weighted by Gasteiger charge is 2.40. The monoisotopic (exact) mass is 420 g/mol. The Morgan fingerprint density at radius 2 is 1.77 bits per heavy atom. The largest absolute Gasteiger partial charge is 0.319 e. The zero-order chi connectivity index (χ0) is 20.5. The Kier molecular flexibility index (Phi) is 5.66. The van der Waals surface area contributed by atoms with Crippen molar-refractivity contribution in [3.8, 4) is 0 Å². The van der Waals surface area contributed by atoms with E-state index in [1.807, 2.05) is 12.1 Å². The highest BCUT2D eigenvalue weighted by Crippen LogP contribution is 2.38. The van der Waals surface area contributed by atoms with Gasteiger partial charge in [0.15, 0.2) is 0 Å². The summed E-state index contributed by atoms with van der Waals surface area (Å²) in [5.41, 5.74) is 6.53. The number of hydrogen-bond donors (Lipinski definition) is 1. The van der Waals surface area contributed by atoms with Gasteiger partial charge in [-0.2, -0.15) is 0 Å². The lowest BCUT2D eigenvalue weighted by Gasteiger charge is -2.35. The molecule has 3 aliphatic rings. The fraction of sp³-hybridized carbons (Fsp3) is 0.423. The molecular weight excluding hydrogens is 392 g/mol. The highest BCUT2D eigenvalue weighted by molar-refractivity contribution is 6.30. The Balaban J connectivity index is 1.39. The van der Waals surface area contributed by atoms with E-state index in [-0.39, 0.29) is 12.1 Å². The number of nitrogens with one attached hydrogen (secondary N) is 1. The maximum Gasteiger partial charge on any atom is 0.251 e. The van der Waals surface area contributed by atoms with Crippen LogP contribution in [0.4, 0.5) is 0 Å². The van der Waals surface area contributed by atoms with Crippen LogP contribution in [0.15, 0.2) is 59.7 Å². The molecule has 0 saturated heterocycles. The van der Waals surface area contributed by atoms with Crippen molar-refractivity contribution in [3.05, 3.63) is 81.4 Å². The molecule has 2 atom stereocenters. The van der Waals surface area contributed by atoms with Gasteiger partial charge >= 0.3 is 0 Å². The average Bonchev–Trinajstić information content (AvgIpc) is 3.05. The summed E-state index contributed by atoms with van der Waals surface area (Å²) in [5, 5.41) is 4.68. The molecule has 1 amide bonds. The quantitative estimate of drug-likeness (QED) is 0.683. The van der Waals surface area contributed by atoms with E-state index < -0.39 is 0 Å². The van der Waals surface area contributed by atoms with Crippen molar-refractivity contribution >= 4 is 17.5 Å². The minimum absolute atomic E-state index is 0.0382. The number of rotatable bonds is 5. The fourth-order valence-corrected chi connectivity index (χ4v) is 5.52. The summed E-state index contributed by atoms with van der Waals surface area (Å²) in [6, 6.07) is 17.1. The molecule has 1 aliphatic heterocycles. The molecule has 4 heteroatoms. The molecule has 5 rings (SSSR count). The van der Waals surface area contributed by atoms with Crippen LogP contribution in [0, 0.1) is 0 Å². The first-order chi connectivity index (χ1) is 14.7. The molecule has 2 aromatic rings. The maximum atomic E-state index is 13.3. The van der Waals surface area contributed by atoms with Crippen LogP contribution >= 0.6 is 11.6 Å². The van der Waals surface area contributed by atoms with Gasteiger partial charge in [-0.3, -0.25) is 10.1 Å². The molecule has 1 heterocycles. The Morgan fingerprint density at radius 3 is 2.63 bits per heavy atom. The van der Waals surface area contributed by atoms with E-state index in [9.17, 15) is 4.79 Å². The molecule has 3 nitrogen and oxygen atoms in total. The van der Waals surface area contributed by atoms with Gasteiger partial charge in [0.25, 0.3) is 5.91 Å². The number of benzene rings is 2. The van der Waals surface area contributed by atoms with Crippen LogP contribution in [0.3, 0.4) is 0 Å². The minimum Gasteiger partial charge on any atom is -0.319 e. The number of nitrogens with zero attached hydrogens (tertiary/aromatic N) is 1. The van der Waals surface area contributed by atoms with Crippen LogP contribution in [-0.4, -0.2) is 23.5 Å². The maximum absolute atomic E-state index is 13.3. The van der Waals surface area contributed by atoms with Crippen molar-refractivity contribution in [2.24, 2.45) is 0 Å². The third-order valence-corrected chi connectivity index (χ3v) is 7.21. The molecule has 156 valence electrons. The predicted molar refractivity (Wildman–Crippen MR) is 121 cm³/mol. The SMILES string of the molecule is O=C1C2=C(CCCC2)[C@H](N[C@H]2CCCc3ccccc32)N1CCc1ccc(Cl)cc1. The van der Waals surface area contributed by atoms with Crippen molar-refractivity contribution in [2.75, 3.05) is 6.54 Å². The van der Waals surface area contributed by atoms with Crippen LogP contribution in [0.5, 0.6) is 0 Å².